The average molecular weight is 269 g/mol. The molecule has 2 rings (SSSR count). The van der Waals surface area contributed by atoms with Gasteiger partial charge in [0.2, 0.25) is 0 Å². The van der Waals surface area contributed by atoms with Gasteiger partial charge in [-0.25, -0.2) is 4.79 Å². The normalized spacial score (nSPS) is 24.8. The van der Waals surface area contributed by atoms with Crippen LogP contribution in [0.25, 0.3) is 0 Å². The topological polar surface area (TPSA) is 49.8 Å². The third kappa shape index (κ3) is 5.11. The minimum atomic E-state index is -0.859. The highest BCUT2D eigenvalue weighted by Gasteiger charge is 2.25. The standard InChI is InChI=1S/C15H27NO3/c17-15(18)12-19-14-8-10-16(11-9-14)13-6-4-2-1-3-5-7-13/h13-14H,1-12H2,(H,17,18). The Morgan fingerprint density at radius 1 is 1.00 bits per heavy atom. The molecule has 0 aromatic heterocycles. The van der Waals surface area contributed by atoms with Crippen molar-refractivity contribution in [1.29, 1.82) is 0 Å². The molecule has 4 nitrogen and oxygen atoms in total. The summed E-state index contributed by atoms with van der Waals surface area (Å²) < 4.78 is 5.40. The Kier molecular flexibility index (Phi) is 6.11. The highest BCUT2D eigenvalue weighted by Crippen LogP contribution is 2.24. The summed E-state index contributed by atoms with van der Waals surface area (Å²) in [4.78, 5) is 13.1. The first kappa shape index (κ1) is 14.8. The van der Waals surface area contributed by atoms with Crippen LogP contribution in [0.2, 0.25) is 0 Å². The zero-order chi connectivity index (χ0) is 13.5. The molecule has 4 heteroatoms. The zero-order valence-corrected chi connectivity index (χ0v) is 11.9. The molecule has 0 spiro atoms. The predicted molar refractivity (Wildman–Crippen MR) is 74.3 cm³/mol. The van der Waals surface area contributed by atoms with Gasteiger partial charge in [-0.05, 0) is 25.7 Å². The van der Waals surface area contributed by atoms with Crippen LogP contribution in [-0.4, -0.2) is 47.8 Å². The van der Waals surface area contributed by atoms with Gasteiger partial charge in [-0.3, -0.25) is 0 Å². The summed E-state index contributed by atoms with van der Waals surface area (Å²) in [5.41, 5.74) is 0. The molecule has 1 N–H and O–H groups in total. The third-order valence-electron chi connectivity index (χ3n) is 4.51. The largest absolute Gasteiger partial charge is 0.480 e. The fraction of sp³-hybridized carbons (Fsp3) is 0.933. The number of hydrogen-bond acceptors (Lipinski definition) is 3. The second kappa shape index (κ2) is 7.85. The van der Waals surface area contributed by atoms with Gasteiger partial charge in [-0.15, -0.1) is 0 Å². The van der Waals surface area contributed by atoms with Crippen LogP contribution < -0.4 is 0 Å². The van der Waals surface area contributed by atoms with Crippen molar-refractivity contribution >= 4 is 5.97 Å². The van der Waals surface area contributed by atoms with E-state index in [1.807, 2.05) is 0 Å². The lowest BCUT2D eigenvalue weighted by Gasteiger charge is -2.38. The Bertz CT molecular complexity index is 267. The average Bonchev–Trinajstić information content (AvgIpc) is 2.37. The number of nitrogens with zero attached hydrogens (tertiary/aromatic N) is 1. The van der Waals surface area contributed by atoms with E-state index in [1.165, 1.54) is 44.9 Å². The van der Waals surface area contributed by atoms with E-state index in [0.29, 0.717) is 0 Å². The SMILES string of the molecule is O=C(O)COC1CCN(C2CCCCCCC2)CC1. The van der Waals surface area contributed by atoms with Gasteiger partial charge in [0, 0.05) is 19.1 Å². The van der Waals surface area contributed by atoms with E-state index in [9.17, 15) is 4.79 Å². The van der Waals surface area contributed by atoms with Crippen molar-refractivity contribution in [2.75, 3.05) is 19.7 Å². The minimum Gasteiger partial charge on any atom is -0.480 e. The van der Waals surface area contributed by atoms with Crippen molar-refractivity contribution in [1.82, 2.24) is 4.90 Å². The molecular formula is C15H27NO3. The second-order valence-electron chi connectivity index (χ2n) is 5.94. The van der Waals surface area contributed by atoms with Gasteiger partial charge in [0.05, 0.1) is 6.10 Å². The maximum Gasteiger partial charge on any atom is 0.329 e. The summed E-state index contributed by atoms with van der Waals surface area (Å²) >= 11 is 0. The molecule has 0 radical (unpaired) electrons. The van der Waals surface area contributed by atoms with Crippen molar-refractivity contribution < 1.29 is 14.6 Å². The summed E-state index contributed by atoms with van der Waals surface area (Å²) in [6, 6.07) is 0.765. The van der Waals surface area contributed by atoms with Crippen LogP contribution in [-0.2, 0) is 9.53 Å². The smallest absolute Gasteiger partial charge is 0.329 e. The first-order chi connectivity index (χ1) is 9.25. The van der Waals surface area contributed by atoms with E-state index in [4.69, 9.17) is 9.84 Å². The molecule has 1 aliphatic heterocycles. The van der Waals surface area contributed by atoms with Gasteiger partial charge in [-0.1, -0.05) is 32.1 Å². The molecule has 0 amide bonds. The van der Waals surface area contributed by atoms with Crippen LogP contribution in [0.4, 0.5) is 0 Å². The highest BCUT2D eigenvalue weighted by atomic mass is 16.5. The monoisotopic (exact) mass is 269 g/mol. The summed E-state index contributed by atoms with van der Waals surface area (Å²) in [7, 11) is 0. The van der Waals surface area contributed by atoms with Crippen LogP contribution in [0.1, 0.15) is 57.8 Å². The molecule has 1 saturated carbocycles. The van der Waals surface area contributed by atoms with Gasteiger partial charge in [-0.2, -0.15) is 0 Å². The van der Waals surface area contributed by atoms with Gasteiger partial charge >= 0.3 is 5.97 Å². The molecule has 0 unspecified atom stereocenters. The predicted octanol–water partition coefficient (Wildman–Crippen LogP) is 2.66. The maximum atomic E-state index is 10.5. The summed E-state index contributed by atoms with van der Waals surface area (Å²) in [5.74, 6) is -0.859. The summed E-state index contributed by atoms with van der Waals surface area (Å²) in [5, 5.41) is 8.62. The lowest BCUT2D eigenvalue weighted by molar-refractivity contribution is -0.145. The van der Waals surface area contributed by atoms with E-state index >= 15 is 0 Å². The molecule has 0 atom stereocenters. The number of hydrogen-bond donors (Lipinski definition) is 1. The van der Waals surface area contributed by atoms with E-state index < -0.39 is 5.97 Å². The van der Waals surface area contributed by atoms with Crippen molar-refractivity contribution in [3.63, 3.8) is 0 Å². The molecule has 0 aromatic rings. The quantitative estimate of drug-likeness (QED) is 0.852. The molecule has 2 aliphatic rings. The van der Waals surface area contributed by atoms with Crippen LogP contribution in [0.15, 0.2) is 0 Å². The van der Waals surface area contributed by atoms with Gasteiger partial charge in [0.15, 0.2) is 0 Å². The molecule has 0 bridgehead atoms. The molecule has 1 heterocycles. The Morgan fingerprint density at radius 3 is 2.16 bits per heavy atom. The number of carbonyl (C=O) groups is 1. The van der Waals surface area contributed by atoms with Gasteiger partial charge in [0.1, 0.15) is 6.61 Å². The number of rotatable bonds is 4. The fourth-order valence-electron chi connectivity index (χ4n) is 3.40. The Labute approximate surface area is 116 Å². The Morgan fingerprint density at radius 2 is 1.58 bits per heavy atom. The molecule has 2 fully saturated rings. The number of likely N-dealkylation sites (tertiary alicyclic amines) is 1. The molecule has 1 aliphatic carbocycles. The van der Waals surface area contributed by atoms with Crippen molar-refractivity contribution in [2.24, 2.45) is 0 Å². The molecule has 0 aromatic carbocycles. The number of carboxylic acid groups (broad SMARTS) is 1. The van der Waals surface area contributed by atoms with Crippen LogP contribution >= 0.6 is 0 Å². The molecular weight excluding hydrogens is 242 g/mol. The van der Waals surface area contributed by atoms with Crippen LogP contribution in [0, 0.1) is 0 Å². The third-order valence-corrected chi connectivity index (χ3v) is 4.51. The number of ether oxygens (including phenoxy) is 1. The lowest BCUT2D eigenvalue weighted by atomic mass is 9.94. The number of carboxylic acids is 1. The summed E-state index contributed by atoms with van der Waals surface area (Å²) in [6.07, 6.45) is 11.8. The first-order valence-corrected chi connectivity index (χ1v) is 7.83. The van der Waals surface area contributed by atoms with Crippen molar-refractivity contribution in [2.45, 2.75) is 69.9 Å². The maximum absolute atomic E-state index is 10.5. The Balaban J connectivity index is 1.70. The molecule has 19 heavy (non-hydrogen) atoms. The van der Waals surface area contributed by atoms with Crippen LogP contribution in [0.5, 0.6) is 0 Å². The van der Waals surface area contributed by atoms with Crippen molar-refractivity contribution in [3.8, 4) is 0 Å². The fourth-order valence-corrected chi connectivity index (χ4v) is 3.40. The molecule has 110 valence electrons. The minimum absolute atomic E-state index is 0.145. The number of aliphatic carboxylic acids is 1. The van der Waals surface area contributed by atoms with E-state index in [2.05, 4.69) is 4.90 Å². The zero-order valence-electron chi connectivity index (χ0n) is 11.9. The summed E-state index contributed by atoms with van der Waals surface area (Å²) in [6.45, 7) is 2.01. The van der Waals surface area contributed by atoms with E-state index in [-0.39, 0.29) is 12.7 Å². The first-order valence-electron chi connectivity index (χ1n) is 7.83. The van der Waals surface area contributed by atoms with Crippen molar-refractivity contribution in [3.05, 3.63) is 0 Å². The van der Waals surface area contributed by atoms with Crippen LogP contribution in [0.3, 0.4) is 0 Å². The highest BCUT2D eigenvalue weighted by molar-refractivity contribution is 5.68. The number of piperidine rings is 1. The van der Waals surface area contributed by atoms with Gasteiger partial charge in [0.25, 0.3) is 0 Å². The van der Waals surface area contributed by atoms with E-state index in [0.717, 1.165) is 32.0 Å². The lowest BCUT2D eigenvalue weighted by Crippen LogP contribution is -2.43. The van der Waals surface area contributed by atoms with E-state index in [1.54, 1.807) is 0 Å². The van der Waals surface area contributed by atoms with Gasteiger partial charge < -0.3 is 14.7 Å². The second-order valence-corrected chi connectivity index (χ2v) is 5.94. The Hall–Kier alpha value is -0.610. The molecule has 1 saturated heterocycles.